The molecule has 3 N–H and O–H groups in total. The van der Waals surface area contributed by atoms with E-state index in [0.717, 1.165) is 12.3 Å². The second kappa shape index (κ2) is 8.26. The fourth-order valence-corrected chi connectivity index (χ4v) is 1.94. The predicted molar refractivity (Wildman–Crippen MR) is 90.6 cm³/mol. The highest BCUT2D eigenvalue weighted by atomic mass is 16.5. The topological polar surface area (TPSA) is 80.5 Å². The number of hydrogen-bond acceptors (Lipinski definition) is 5. The van der Waals surface area contributed by atoms with Crippen LogP contribution in [0.3, 0.4) is 0 Å². The quantitative estimate of drug-likeness (QED) is 0.813. The summed E-state index contributed by atoms with van der Waals surface area (Å²) in [7, 11) is 3.98. The Kier molecular flexibility index (Phi) is 6.08. The Hall–Kier alpha value is -2.44. The number of nitrogens with zero attached hydrogens (tertiary/aromatic N) is 2. The molecule has 122 valence electrons. The first kappa shape index (κ1) is 16.9. The molecule has 0 aliphatic carbocycles. The van der Waals surface area contributed by atoms with Gasteiger partial charge >= 0.3 is 0 Å². The summed E-state index contributed by atoms with van der Waals surface area (Å²) in [6, 6.07) is 10.7. The number of nitrogens with one attached hydrogen (secondary N) is 1. The van der Waals surface area contributed by atoms with Crippen molar-refractivity contribution in [2.75, 3.05) is 32.6 Å². The Morgan fingerprint density at radius 1 is 1.30 bits per heavy atom. The minimum atomic E-state index is -0.201. The van der Waals surface area contributed by atoms with Crippen LogP contribution in [-0.4, -0.2) is 43.0 Å². The van der Waals surface area contributed by atoms with Crippen molar-refractivity contribution in [2.45, 2.75) is 6.54 Å². The smallest absolute Gasteiger partial charge is 0.255 e. The summed E-state index contributed by atoms with van der Waals surface area (Å²) >= 11 is 0. The number of likely N-dealkylation sites (N-methyl/N-ethyl adjacent to an activating group) is 1. The summed E-state index contributed by atoms with van der Waals surface area (Å²) in [5.74, 6) is 0.523. The fourth-order valence-electron chi connectivity index (χ4n) is 1.94. The summed E-state index contributed by atoms with van der Waals surface area (Å²) in [5, 5.41) is 2.85. The number of anilines is 1. The Morgan fingerprint density at radius 2 is 2.13 bits per heavy atom. The lowest BCUT2D eigenvalue weighted by Crippen LogP contribution is -2.19. The molecule has 6 nitrogen and oxygen atoms in total. The molecule has 0 radical (unpaired) electrons. The fraction of sp³-hybridized carbons (Fsp3) is 0.294. The number of benzene rings is 1. The van der Waals surface area contributed by atoms with E-state index in [-0.39, 0.29) is 5.91 Å². The monoisotopic (exact) mass is 314 g/mol. The lowest BCUT2D eigenvalue weighted by atomic mass is 10.2. The van der Waals surface area contributed by atoms with Gasteiger partial charge in [-0.25, -0.2) is 0 Å². The summed E-state index contributed by atoms with van der Waals surface area (Å²) in [6.45, 7) is 1.72. The molecule has 1 amide bonds. The average molecular weight is 314 g/mol. The van der Waals surface area contributed by atoms with Crippen molar-refractivity contribution >= 4 is 11.6 Å². The van der Waals surface area contributed by atoms with Gasteiger partial charge in [-0.05, 0) is 38.4 Å². The maximum absolute atomic E-state index is 12.3. The molecular formula is C17H22N4O2. The van der Waals surface area contributed by atoms with E-state index in [1.165, 1.54) is 0 Å². The lowest BCUT2D eigenvalue weighted by Gasteiger charge is -2.12. The molecule has 0 unspecified atom stereocenters. The highest BCUT2D eigenvalue weighted by molar-refractivity contribution is 6.04. The molecule has 1 aromatic heterocycles. The first-order valence-electron chi connectivity index (χ1n) is 7.42. The van der Waals surface area contributed by atoms with Crippen molar-refractivity contribution in [1.82, 2.24) is 9.88 Å². The normalized spacial score (nSPS) is 10.6. The van der Waals surface area contributed by atoms with Gasteiger partial charge in [-0.3, -0.25) is 9.78 Å². The van der Waals surface area contributed by atoms with Crippen LogP contribution in [0.25, 0.3) is 0 Å². The van der Waals surface area contributed by atoms with Crippen LogP contribution in [0.4, 0.5) is 5.69 Å². The summed E-state index contributed by atoms with van der Waals surface area (Å²) in [6.07, 6.45) is 1.58. The molecule has 0 fully saturated rings. The van der Waals surface area contributed by atoms with Crippen molar-refractivity contribution in [3.05, 3.63) is 53.9 Å². The van der Waals surface area contributed by atoms with E-state index in [4.69, 9.17) is 10.5 Å². The number of amides is 1. The van der Waals surface area contributed by atoms with Gasteiger partial charge in [0.1, 0.15) is 12.4 Å². The summed E-state index contributed by atoms with van der Waals surface area (Å²) < 4.78 is 5.66. The maximum Gasteiger partial charge on any atom is 0.255 e. The first-order chi connectivity index (χ1) is 11.1. The third-order valence-corrected chi connectivity index (χ3v) is 3.19. The number of hydrogen-bond donors (Lipinski definition) is 2. The number of pyridine rings is 1. The third kappa shape index (κ3) is 5.36. The molecule has 1 aromatic carbocycles. The van der Waals surface area contributed by atoms with Crippen LogP contribution in [0.1, 0.15) is 16.1 Å². The second-order valence-electron chi connectivity index (χ2n) is 5.37. The molecular weight excluding hydrogens is 292 g/mol. The van der Waals surface area contributed by atoms with E-state index in [1.807, 2.05) is 37.2 Å². The highest BCUT2D eigenvalue weighted by Crippen LogP contribution is 2.18. The van der Waals surface area contributed by atoms with Crippen LogP contribution in [0.15, 0.2) is 42.6 Å². The number of nitrogens with two attached hydrogens (primary N) is 1. The van der Waals surface area contributed by atoms with Crippen molar-refractivity contribution in [1.29, 1.82) is 0 Å². The molecule has 0 bridgehead atoms. The van der Waals surface area contributed by atoms with E-state index in [9.17, 15) is 4.79 Å². The zero-order chi connectivity index (χ0) is 16.7. The minimum absolute atomic E-state index is 0.201. The Balaban J connectivity index is 2.00. The summed E-state index contributed by atoms with van der Waals surface area (Å²) in [4.78, 5) is 18.4. The number of carbonyl (C=O) groups is 1. The Morgan fingerprint density at radius 3 is 2.87 bits per heavy atom. The highest BCUT2D eigenvalue weighted by Gasteiger charge is 2.08. The third-order valence-electron chi connectivity index (χ3n) is 3.19. The van der Waals surface area contributed by atoms with Gasteiger partial charge < -0.3 is 20.7 Å². The van der Waals surface area contributed by atoms with Gasteiger partial charge in [-0.1, -0.05) is 6.07 Å². The van der Waals surface area contributed by atoms with Crippen molar-refractivity contribution in [3.63, 3.8) is 0 Å². The minimum Gasteiger partial charge on any atom is -0.492 e. The van der Waals surface area contributed by atoms with Crippen molar-refractivity contribution in [2.24, 2.45) is 5.73 Å². The number of carbonyl (C=O) groups excluding carboxylic acids is 1. The molecule has 2 aromatic rings. The molecule has 1 heterocycles. The Bertz CT molecular complexity index is 659. The standard InChI is InChI=1S/C17H22N4O2/c1-21(2)8-9-23-16-5-3-4-14(11-16)20-17(22)13-6-7-19-15(10-13)12-18/h3-7,10-11H,8-9,12,18H2,1-2H3,(H,20,22). The molecule has 0 saturated heterocycles. The lowest BCUT2D eigenvalue weighted by molar-refractivity contribution is 0.102. The molecule has 23 heavy (non-hydrogen) atoms. The van der Waals surface area contributed by atoms with Gasteiger partial charge in [0.25, 0.3) is 5.91 Å². The van der Waals surface area contributed by atoms with Gasteiger partial charge in [0, 0.05) is 36.6 Å². The van der Waals surface area contributed by atoms with E-state index in [0.29, 0.717) is 30.1 Å². The molecule has 0 atom stereocenters. The van der Waals surface area contributed by atoms with Gasteiger partial charge in [0.15, 0.2) is 0 Å². The van der Waals surface area contributed by atoms with E-state index in [2.05, 4.69) is 10.3 Å². The van der Waals surface area contributed by atoms with Gasteiger partial charge in [-0.2, -0.15) is 0 Å². The maximum atomic E-state index is 12.3. The zero-order valence-electron chi connectivity index (χ0n) is 13.5. The van der Waals surface area contributed by atoms with Crippen LogP contribution in [0.2, 0.25) is 0 Å². The van der Waals surface area contributed by atoms with Crippen LogP contribution in [0, 0.1) is 0 Å². The van der Waals surface area contributed by atoms with E-state index in [1.54, 1.807) is 24.4 Å². The van der Waals surface area contributed by atoms with Crippen molar-refractivity contribution in [3.8, 4) is 5.75 Å². The van der Waals surface area contributed by atoms with Crippen LogP contribution < -0.4 is 15.8 Å². The number of aromatic nitrogens is 1. The van der Waals surface area contributed by atoms with Gasteiger partial charge in [0.05, 0.1) is 5.69 Å². The number of ether oxygens (including phenoxy) is 1. The van der Waals surface area contributed by atoms with Crippen LogP contribution in [-0.2, 0) is 6.54 Å². The SMILES string of the molecule is CN(C)CCOc1cccc(NC(=O)c2ccnc(CN)c2)c1. The molecule has 0 aliphatic rings. The largest absolute Gasteiger partial charge is 0.492 e. The number of rotatable bonds is 7. The Labute approximate surface area is 136 Å². The average Bonchev–Trinajstić information content (AvgIpc) is 2.55. The van der Waals surface area contributed by atoms with E-state index < -0.39 is 0 Å². The second-order valence-corrected chi connectivity index (χ2v) is 5.37. The first-order valence-corrected chi connectivity index (χ1v) is 7.42. The van der Waals surface area contributed by atoms with Crippen molar-refractivity contribution < 1.29 is 9.53 Å². The summed E-state index contributed by atoms with van der Waals surface area (Å²) in [5.41, 5.74) is 7.43. The molecule has 0 aliphatic heterocycles. The molecule has 2 rings (SSSR count). The molecule has 6 heteroatoms. The van der Waals surface area contributed by atoms with Gasteiger partial charge in [-0.15, -0.1) is 0 Å². The molecule has 0 spiro atoms. The van der Waals surface area contributed by atoms with E-state index >= 15 is 0 Å². The zero-order valence-corrected chi connectivity index (χ0v) is 13.5. The van der Waals surface area contributed by atoms with Crippen LogP contribution >= 0.6 is 0 Å². The van der Waals surface area contributed by atoms with Crippen LogP contribution in [0.5, 0.6) is 5.75 Å². The predicted octanol–water partition coefficient (Wildman–Crippen LogP) is 1.73. The molecule has 0 saturated carbocycles. The van der Waals surface area contributed by atoms with Gasteiger partial charge in [0.2, 0.25) is 0 Å².